The summed E-state index contributed by atoms with van der Waals surface area (Å²) in [5, 5.41) is 45.8. The first-order valence-electron chi connectivity index (χ1n) is 14.2. The van der Waals surface area contributed by atoms with Crippen molar-refractivity contribution in [1.82, 2.24) is 4.90 Å². The highest BCUT2D eigenvalue weighted by atomic mass is 16.5. The van der Waals surface area contributed by atoms with E-state index >= 15 is 0 Å². The van der Waals surface area contributed by atoms with Crippen molar-refractivity contribution in [2.45, 2.75) is 37.3 Å². The number of benzene rings is 2. The molecule has 0 heterocycles. The highest BCUT2D eigenvalue weighted by Crippen LogP contribution is 2.54. The molecule has 3 aliphatic carbocycles. The van der Waals surface area contributed by atoms with E-state index in [1.807, 2.05) is 0 Å². The lowest BCUT2D eigenvalue weighted by Gasteiger charge is -2.50. The maximum atomic E-state index is 14.1. The molecule has 232 valence electrons. The lowest BCUT2D eigenvalue weighted by Crippen LogP contribution is -2.65. The zero-order valence-electron chi connectivity index (χ0n) is 24.8. The number of aromatic hydroxyl groups is 1. The number of aryl methyl sites for hydroxylation is 1. The van der Waals surface area contributed by atoms with Gasteiger partial charge in [-0.05, 0) is 68.6 Å². The van der Waals surface area contributed by atoms with Crippen molar-refractivity contribution in [2.75, 3.05) is 33.1 Å². The van der Waals surface area contributed by atoms with Gasteiger partial charge in [-0.2, -0.15) is 0 Å². The van der Waals surface area contributed by atoms with Crippen molar-refractivity contribution in [1.29, 1.82) is 0 Å². The number of Topliss-reactive ketones (excluding diaryl/α,β-unsaturated/α-hetero) is 2. The number of phenolic OH excluding ortho intramolecular Hbond substituents is 1. The number of ether oxygens (including phenoxy) is 1. The third kappa shape index (κ3) is 4.70. The molecule has 0 radical (unpaired) electrons. The molecule has 4 unspecified atom stereocenters. The largest absolute Gasteiger partial charge is 0.508 e. The van der Waals surface area contributed by atoms with Crippen molar-refractivity contribution in [3.05, 3.63) is 70.0 Å². The van der Waals surface area contributed by atoms with E-state index in [-0.39, 0.29) is 42.6 Å². The second-order valence-corrected chi connectivity index (χ2v) is 11.9. The number of likely N-dealkylation sites (N-methyl/N-ethyl adjacent to an activating group) is 1. The van der Waals surface area contributed by atoms with Crippen LogP contribution >= 0.6 is 0 Å². The second-order valence-electron chi connectivity index (χ2n) is 11.9. The number of amides is 1. The zero-order chi connectivity index (χ0) is 32.2. The Kier molecular flexibility index (Phi) is 7.77. The molecule has 0 spiro atoms. The standard InChI is InChI=1S/C32H35N3O9/c1-34(2)20-14-15(10-11-21(36)44-17-8-6-5-7-9-17)26(37)23-18(20)12-16-13-19-25(35(3)4)28(39)24(31(33)42)30(41)32(19,43)29(40)22(16)27(23)38/h5-9,14,16,19,25,37-38,41,43H,10-13H2,1-4H3,(H2,33,42). The highest BCUT2D eigenvalue weighted by molar-refractivity contribution is 6.24. The van der Waals surface area contributed by atoms with Crippen molar-refractivity contribution in [3.63, 3.8) is 0 Å². The minimum Gasteiger partial charge on any atom is -0.508 e. The molecule has 0 aliphatic heterocycles. The molecule has 3 aliphatic rings. The van der Waals surface area contributed by atoms with E-state index in [1.54, 1.807) is 69.5 Å². The second kappa shape index (κ2) is 11.1. The number of nitrogens with two attached hydrogens (primary N) is 1. The van der Waals surface area contributed by atoms with Crippen molar-refractivity contribution in [3.8, 4) is 11.5 Å². The number of primary amides is 1. The Morgan fingerprint density at radius 3 is 2.32 bits per heavy atom. The molecule has 1 amide bonds. The molecule has 4 atom stereocenters. The Hall–Kier alpha value is -4.68. The van der Waals surface area contributed by atoms with Gasteiger partial charge in [-0.1, -0.05) is 18.2 Å². The minimum absolute atomic E-state index is 0.00747. The lowest BCUT2D eigenvalue weighted by molar-refractivity contribution is -0.153. The average molecular weight is 606 g/mol. The molecule has 2 aromatic carbocycles. The smallest absolute Gasteiger partial charge is 0.311 e. The number of rotatable bonds is 7. The fourth-order valence-corrected chi connectivity index (χ4v) is 6.84. The lowest BCUT2D eigenvalue weighted by atomic mass is 9.57. The first-order chi connectivity index (χ1) is 20.7. The summed E-state index contributed by atoms with van der Waals surface area (Å²) in [4.78, 5) is 55.3. The molecule has 1 fully saturated rings. The third-order valence-corrected chi connectivity index (χ3v) is 8.83. The number of aliphatic hydroxyl groups is 3. The van der Waals surface area contributed by atoms with Crippen LogP contribution in [-0.2, 0) is 32.0 Å². The summed E-state index contributed by atoms with van der Waals surface area (Å²) in [5.41, 5.74) is 3.01. The molecule has 44 heavy (non-hydrogen) atoms. The van der Waals surface area contributed by atoms with Crippen LogP contribution in [0.2, 0.25) is 0 Å². The molecule has 5 rings (SSSR count). The molecule has 0 aromatic heterocycles. The number of phenols is 1. The van der Waals surface area contributed by atoms with Crippen molar-refractivity contribution in [2.24, 2.45) is 17.6 Å². The summed E-state index contributed by atoms with van der Waals surface area (Å²) in [6.07, 6.45) is 0.108. The topological polar surface area (TPSA) is 191 Å². The predicted molar refractivity (Wildman–Crippen MR) is 159 cm³/mol. The molecule has 0 saturated heterocycles. The number of carbonyl (C=O) groups is 4. The SMILES string of the molecule is CN(C)c1cc(CCC(=O)Oc2ccccc2)c(O)c2c1CC1CC3C(N(C)C)C(=O)C(C(N)=O)=C(O)C3(O)C(=O)C1=C2O. The van der Waals surface area contributed by atoms with Crippen LogP contribution in [0.4, 0.5) is 5.69 Å². The van der Waals surface area contributed by atoms with Gasteiger partial charge in [0.15, 0.2) is 11.4 Å². The fraction of sp³-hybridized carbons (Fsp3) is 0.375. The van der Waals surface area contributed by atoms with E-state index < -0.39 is 64.0 Å². The van der Waals surface area contributed by atoms with E-state index in [2.05, 4.69) is 0 Å². The fourth-order valence-electron chi connectivity index (χ4n) is 6.84. The number of fused-ring (bicyclic) bond motifs is 3. The maximum Gasteiger partial charge on any atom is 0.311 e. The molecular formula is C32H35N3O9. The number of aliphatic hydroxyl groups excluding tert-OH is 2. The third-order valence-electron chi connectivity index (χ3n) is 8.83. The summed E-state index contributed by atoms with van der Waals surface area (Å²) in [6, 6.07) is 9.08. The monoisotopic (exact) mass is 605 g/mol. The molecule has 1 saturated carbocycles. The van der Waals surface area contributed by atoms with Crippen LogP contribution < -0.4 is 15.4 Å². The normalized spacial score (nSPS) is 24.5. The van der Waals surface area contributed by atoms with Crippen LogP contribution in [0.1, 0.15) is 29.5 Å². The summed E-state index contributed by atoms with van der Waals surface area (Å²) in [5.74, 6) is -7.27. The Morgan fingerprint density at radius 1 is 1.07 bits per heavy atom. The Morgan fingerprint density at radius 2 is 1.73 bits per heavy atom. The van der Waals surface area contributed by atoms with Crippen LogP contribution in [0.15, 0.2) is 53.3 Å². The van der Waals surface area contributed by atoms with Gasteiger partial charge < -0.3 is 35.8 Å². The van der Waals surface area contributed by atoms with Gasteiger partial charge >= 0.3 is 5.97 Å². The quantitative estimate of drug-likeness (QED) is 0.175. The predicted octanol–water partition coefficient (Wildman–Crippen LogP) is 1.57. The molecule has 12 nitrogen and oxygen atoms in total. The number of anilines is 1. The van der Waals surface area contributed by atoms with Crippen LogP contribution in [0.3, 0.4) is 0 Å². The molecule has 0 bridgehead atoms. The minimum atomic E-state index is -2.72. The van der Waals surface area contributed by atoms with Crippen LogP contribution in [0.25, 0.3) is 5.76 Å². The van der Waals surface area contributed by atoms with Gasteiger partial charge in [-0.25, -0.2) is 0 Å². The highest BCUT2D eigenvalue weighted by Gasteiger charge is 2.64. The van der Waals surface area contributed by atoms with Gasteiger partial charge in [-0.15, -0.1) is 0 Å². The van der Waals surface area contributed by atoms with E-state index in [1.165, 1.54) is 4.90 Å². The summed E-state index contributed by atoms with van der Waals surface area (Å²) < 4.78 is 5.35. The maximum absolute atomic E-state index is 14.1. The Labute approximate surface area is 253 Å². The van der Waals surface area contributed by atoms with Crippen LogP contribution in [0.5, 0.6) is 11.5 Å². The number of carbonyl (C=O) groups excluding carboxylic acids is 4. The number of hydrogen-bond acceptors (Lipinski definition) is 11. The zero-order valence-corrected chi connectivity index (χ0v) is 24.8. The van der Waals surface area contributed by atoms with E-state index in [0.29, 0.717) is 22.6 Å². The number of esters is 1. The summed E-state index contributed by atoms with van der Waals surface area (Å²) in [7, 11) is 6.65. The Bertz CT molecular complexity index is 1640. The van der Waals surface area contributed by atoms with Gasteiger partial charge in [-0.3, -0.25) is 24.1 Å². The van der Waals surface area contributed by atoms with E-state index in [4.69, 9.17) is 10.5 Å². The first-order valence-corrected chi connectivity index (χ1v) is 14.2. The summed E-state index contributed by atoms with van der Waals surface area (Å²) >= 11 is 0. The number of ketones is 2. The molecule has 6 N–H and O–H groups in total. The summed E-state index contributed by atoms with van der Waals surface area (Å²) in [6.45, 7) is 0. The Balaban J connectivity index is 1.59. The molecule has 12 heteroatoms. The molecular weight excluding hydrogens is 570 g/mol. The van der Waals surface area contributed by atoms with Gasteiger partial charge in [0, 0.05) is 31.3 Å². The van der Waals surface area contributed by atoms with Gasteiger partial charge in [0.25, 0.3) is 5.91 Å². The van der Waals surface area contributed by atoms with Gasteiger partial charge in [0.05, 0.1) is 18.0 Å². The van der Waals surface area contributed by atoms with E-state index in [9.17, 15) is 39.6 Å². The molecule has 2 aromatic rings. The average Bonchev–Trinajstić information content (AvgIpc) is 2.94. The van der Waals surface area contributed by atoms with Gasteiger partial charge in [0.2, 0.25) is 5.78 Å². The van der Waals surface area contributed by atoms with Gasteiger partial charge in [0.1, 0.15) is 28.6 Å². The number of hydrogen-bond donors (Lipinski definition) is 5. The number of nitrogens with zero attached hydrogens (tertiary/aromatic N) is 2. The number of para-hydroxylation sites is 1. The van der Waals surface area contributed by atoms with Crippen molar-refractivity contribution >= 4 is 34.9 Å². The first kappa shape index (κ1) is 30.8. The van der Waals surface area contributed by atoms with Crippen LogP contribution in [0, 0.1) is 11.8 Å². The van der Waals surface area contributed by atoms with Crippen molar-refractivity contribution < 1.29 is 44.3 Å². The van der Waals surface area contributed by atoms with E-state index in [0.717, 1.165) is 0 Å². The van der Waals surface area contributed by atoms with Crippen LogP contribution in [-0.4, -0.2) is 88.6 Å².